The third-order valence-electron chi connectivity index (χ3n) is 2.59. The van der Waals surface area contributed by atoms with E-state index in [0.717, 1.165) is 5.92 Å². The van der Waals surface area contributed by atoms with Gasteiger partial charge in [-0.2, -0.15) is 0 Å². The minimum Gasteiger partial charge on any atom is -0.0620 e. The Morgan fingerprint density at radius 2 is 1.67 bits per heavy atom. The molecule has 3 atom stereocenters. The minimum absolute atomic E-state index is 1.13. The van der Waals surface area contributed by atoms with Crippen LogP contribution >= 0.6 is 0 Å². The second kappa shape index (κ2) is 0.661. The number of hydrogen-bond donors (Lipinski definition) is 0. The molecule has 0 aliphatic heterocycles. The zero-order valence-corrected chi connectivity index (χ0v) is 4.15. The summed E-state index contributed by atoms with van der Waals surface area (Å²) < 4.78 is 0. The fourth-order valence-electron chi connectivity index (χ4n) is 1.71. The Bertz CT molecular complexity index is 59.4. The molecule has 6 heavy (non-hydrogen) atoms. The van der Waals surface area contributed by atoms with Gasteiger partial charge >= 0.3 is 0 Å². The van der Waals surface area contributed by atoms with Crippen molar-refractivity contribution < 1.29 is 0 Å². The monoisotopic (exact) mass is 82.1 g/mol. The maximum Gasteiger partial charge on any atom is -0.0355 e. The summed E-state index contributed by atoms with van der Waals surface area (Å²) >= 11 is 0. The molecule has 0 radical (unpaired) electrons. The number of hydrogen-bond acceptors (Lipinski definition) is 0. The first-order valence-electron chi connectivity index (χ1n) is 2.89. The summed E-state index contributed by atoms with van der Waals surface area (Å²) in [6.07, 6.45) is 3.09. The summed E-state index contributed by atoms with van der Waals surface area (Å²) in [6, 6.07) is 0. The molecule has 0 N–H and O–H groups in total. The molecule has 2 aliphatic carbocycles. The molecule has 2 rings (SSSR count). The van der Waals surface area contributed by atoms with Crippen LogP contribution in [0.2, 0.25) is 0 Å². The predicted molar refractivity (Wildman–Crippen MR) is 25.4 cm³/mol. The maximum atomic E-state index is 2.38. The summed E-state index contributed by atoms with van der Waals surface area (Å²) in [4.78, 5) is 0. The van der Waals surface area contributed by atoms with E-state index < -0.39 is 0 Å². The molecule has 0 nitrogen and oxygen atoms in total. The van der Waals surface area contributed by atoms with Crippen molar-refractivity contribution in [2.75, 3.05) is 0 Å². The maximum absolute atomic E-state index is 2.38. The van der Waals surface area contributed by atoms with E-state index in [2.05, 4.69) is 6.92 Å². The molecule has 1 unspecified atom stereocenters. The van der Waals surface area contributed by atoms with Crippen LogP contribution in [0.15, 0.2) is 0 Å². The molecule has 0 aromatic heterocycles. The van der Waals surface area contributed by atoms with Crippen LogP contribution in [-0.2, 0) is 0 Å². The Hall–Kier alpha value is 0. The molecule has 0 amide bonds. The number of rotatable bonds is 0. The molecule has 0 heterocycles. The summed E-state index contributed by atoms with van der Waals surface area (Å²) in [7, 11) is 0. The Labute approximate surface area is 38.6 Å². The molecule has 0 saturated heterocycles. The van der Waals surface area contributed by atoms with E-state index >= 15 is 0 Å². The van der Waals surface area contributed by atoms with Crippen molar-refractivity contribution in [3.63, 3.8) is 0 Å². The van der Waals surface area contributed by atoms with Crippen LogP contribution in [-0.4, -0.2) is 0 Å². The van der Waals surface area contributed by atoms with Crippen LogP contribution in [0.4, 0.5) is 0 Å². The quantitative estimate of drug-likeness (QED) is 0.417. The zero-order valence-electron chi connectivity index (χ0n) is 4.15. The topological polar surface area (TPSA) is 0 Å². The van der Waals surface area contributed by atoms with Crippen molar-refractivity contribution >= 4 is 0 Å². The van der Waals surface area contributed by atoms with Crippen LogP contribution in [0.3, 0.4) is 0 Å². The highest BCUT2D eigenvalue weighted by atomic mass is 14.6. The third-order valence-corrected chi connectivity index (χ3v) is 2.59. The fraction of sp³-hybridized carbons (Fsp3) is 1.00. The van der Waals surface area contributed by atoms with Gasteiger partial charge in [-0.1, -0.05) is 6.92 Å². The van der Waals surface area contributed by atoms with Crippen molar-refractivity contribution in [2.24, 2.45) is 17.8 Å². The summed E-state index contributed by atoms with van der Waals surface area (Å²) in [5, 5.41) is 0. The highest BCUT2D eigenvalue weighted by molar-refractivity contribution is 5.01. The van der Waals surface area contributed by atoms with Crippen molar-refractivity contribution in [1.29, 1.82) is 0 Å². The van der Waals surface area contributed by atoms with E-state index in [-0.39, 0.29) is 0 Å². The smallest absolute Gasteiger partial charge is 0.0355 e. The van der Waals surface area contributed by atoms with Gasteiger partial charge in [0.1, 0.15) is 0 Å². The largest absolute Gasteiger partial charge is 0.0620 e. The third kappa shape index (κ3) is 0.160. The first-order valence-corrected chi connectivity index (χ1v) is 2.89. The molecule has 0 aromatic carbocycles. The van der Waals surface area contributed by atoms with E-state index in [4.69, 9.17) is 0 Å². The molecule has 2 aliphatic rings. The van der Waals surface area contributed by atoms with Crippen molar-refractivity contribution in [1.82, 2.24) is 0 Å². The standard InChI is InChI=1S/C6H10/c1-4-5-2-3-6(4)5/h4-6H,2-3H2,1H3/t4?,5-,6+. The Morgan fingerprint density at radius 1 is 1.17 bits per heavy atom. The van der Waals surface area contributed by atoms with Crippen molar-refractivity contribution in [2.45, 2.75) is 19.8 Å². The normalized spacial score (nSPS) is 62.5. The average Bonchev–Trinajstić information content (AvgIpc) is 1.63. The van der Waals surface area contributed by atoms with Gasteiger partial charge in [0.05, 0.1) is 0 Å². The minimum atomic E-state index is 1.13. The van der Waals surface area contributed by atoms with E-state index in [9.17, 15) is 0 Å². The van der Waals surface area contributed by atoms with Gasteiger partial charge in [0.15, 0.2) is 0 Å². The lowest BCUT2D eigenvalue weighted by Gasteiger charge is -2.04. The number of fused-ring (bicyclic) bond motifs is 1. The van der Waals surface area contributed by atoms with Crippen LogP contribution in [0.1, 0.15) is 19.8 Å². The Morgan fingerprint density at radius 3 is 1.67 bits per heavy atom. The van der Waals surface area contributed by atoms with Crippen LogP contribution in [0.25, 0.3) is 0 Å². The molecule has 2 fully saturated rings. The highest BCUT2D eigenvalue weighted by Gasteiger charge is 2.52. The van der Waals surface area contributed by atoms with Gasteiger partial charge < -0.3 is 0 Å². The fourth-order valence-corrected chi connectivity index (χ4v) is 1.71. The zero-order chi connectivity index (χ0) is 4.15. The van der Waals surface area contributed by atoms with E-state index in [0.29, 0.717) is 0 Å². The molecule has 34 valence electrons. The second-order valence-corrected chi connectivity index (χ2v) is 2.76. The first kappa shape index (κ1) is 3.06. The van der Waals surface area contributed by atoms with Gasteiger partial charge in [0.25, 0.3) is 0 Å². The molecule has 0 spiro atoms. The van der Waals surface area contributed by atoms with Crippen molar-refractivity contribution in [3.05, 3.63) is 0 Å². The van der Waals surface area contributed by atoms with Crippen LogP contribution < -0.4 is 0 Å². The second-order valence-electron chi connectivity index (χ2n) is 2.76. The summed E-state index contributed by atoms with van der Waals surface area (Å²) in [6.45, 7) is 2.38. The Kier molecular flexibility index (Phi) is 0.337. The average molecular weight is 82.1 g/mol. The molecule has 0 bridgehead atoms. The van der Waals surface area contributed by atoms with Crippen LogP contribution in [0.5, 0.6) is 0 Å². The van der Waals surface area contributed by atoms with Gasteiger partial charge in [-0.25, -0.2) is 0 Å². The molecule has 0 aromatic rings. The van der Waals surface area contributed by atoms with Crippen molar-refractivity contribution in [3.8, 4) is 0 Å². The molecular formula is C6H10. The lowest BCUT2D eigenvalue weighted by atomic mass is 10.0. The highest BCUT2D eigenvalue weighted by Crippen LogP contribution is 2.60. The Balaban J connectivity index is 2.11. The molecule has 0 heteroatoms. The van der Waals surface area contributed by atoms with Gasteiger partial charge in [-0.15, -0.1) is 0 Å². The molecule has 2 saturated carbocycles. The lowest BCUT2D eigenvalue weighted by Crippen LogP contribution is -1.93. The van der Waals surface area contributed by atoms with E-state index in [1.54, 1.807) is 12.8 Å². The van der Waals surface area contributed by atoms with Crippen LogP contribution in [0, 0.1) is 17.8 Å². The predicted octanol–water partition coefficient (Wildman–Crippen LogP) is 1.66. The van der Waals surface area contributed by atoms with Gasteiger partial charge in [0.2, 0.25) is 0 Å². The van der Waals surface area contributed by atoms with E-state index in [1.807, 2.05) is 0 Å². The van der Waals surface area contributed by atoms with Gasteiger partial charge in [0, 0.05) is 0 Å². The SMILES string of the molecule is CC1[C@H]2CC[C@@H]12. The van der Waals surface area contributed by atoms with Gasteiger partial charge in [-0.3, -0.25) is 0 Å². The summed E-state index contributed by atoms with van der Waals surface area (Å²) in [5.74, 6) is 3.53. The first-order chi connectivity index (χ1) is 2.89. The lowest BCUT2D eigenvalue weighted by molar-refractivity contribution is 0.468. The van der Waals surface area contributed by atoms with Gasteiger partial charge in [-0.05, 0) is 30.6 Å². The van der Waals surface area contributed by atoms with E-state index in [1.165, 1.54) is 11.8 Å². The molecular weight excluding hydrogens is 72.1 g/mol. The summed E-state index contributed by atoms with van der Waals surface area (Å²) in [5.41, 5.74) is 0.